The summed E-state index contributed by atoms with van der Waals surface area (Å²) < 4.78 is 0. The lowest BCUT2D eigenvalue weighted by Gasteiger charge is -2.25. The number of nitrogens with zero attached hydrogens (tertiary/aromatic N) is 1. The molecule has 1 saturated heterocycles. The van der Waals surface area contributed by atoms with E-state index in [2.05, 4.69) is 5.32 Å². The van der Waals surface area contributed by atoms with Crippen LogP contribution in [0.2, 0.25) is 0 Å². The Bertz CT molecular complexity index is 453. The van der Waals surface area contributed by atoms with Crippen LogP contribution in [0.5, 0.6) is 0 Å². The van der Waals surface area contributed by atoms with Crippen LogP contribution in [0, 0.1) is 0 Å². The number of benzene rings is 1. The van der Waals surface area contributed by atoms with Gasteiger partial charge in [-0.05, 0) is 12.0 Å². The second-order valence-electron chi connectivity index (χ2n) is 4.69. The lowest BCUT2D eigenvalue weighted by molar-refractivity contribution is -0.134. The highest BCUT2D eigenvalue weighted by atomic mass is 35.5. The van der Waals surface area contributed by atoms with Crippen LogP contribution in [-0.2, 0) is 16.1 Å². The maximum absolute atomic E-state index is 12.3. The maximum atomic E-state index is 12.3. The average Bonchev–Trinajstić information content (AvgIpc) is 2.85. The fourth-order valence-electron chi connectivity index (χ4n) is 2.25. The van der Waals surface area contributed by atoms with Crippen molar-refractivity contribution in [1.82, 2.24) is 10.2 Å². The predicted octanol–water partition coefficient (Wildman–Crippen LogP) is 0.674. The first-order chi connectivity index (χ1) is 9.20. The molecule has 0 aromatic heterocycles. The average molecular weight is 298 g/mol. The number of amides is 2. The summed E-state index contributed by atoms with van der Waals surface area (Å²) >= 11 is 0. The van der Waals surface area contributed by atoms with Crippen molar-refractivity contribution < 1.29 is 9.59 Å². The van der Waals surface area contributed by atoms with Crippen molar-refractivity contribution >= 4 is 24.2 Å². The van der Waals surface area contributed by atoms with E-state index in [1.165, 1.54) is 0 Å². The van der Waals surface area contributed by atoms with Crippen molar-refractivity contribution in [2.75, 3.05) is 13.1 Å². The minimum Gasteiger partial charge on any atom is -0.344 e. The van der Waals surface area contributed by atoms with Crippen LogP contribution < -0.4 is 11.1 Å². The zero-order valence-electron chi connectivity index (χ0n) is 11.2. The molecule has 1 aromatic rings. The van der Waals surface area contributed by atoms with Crippen LogP contribution in [0.25, 0.3) is 0 Å². The zero-order chi connectivity index (χ0) is 13.7. The molecule has 2 rings (SSSR count). The minimum atomic E-state index is -0.386. The molecule has 110 valence electrons. The number of carbonyl (C=O) groups excluding carboxylic acids is 2. The SMILES string of the molecule is Cl.NCCN(Cc1ccccc1)C(=O)[C@H]1CCC(=O)N1. The van der Waals surface area contributed by atoms with Crippen LogP contribution in [0.3, 0.4) is 0 Å². The number of hydrogen-bond acceptors (Lipinski definition) is 3. The molecule has 5 nitrogen and oxygen atoms in total. The molecule has 0 saturated carbocycles. The molecule has 3 N–H and O–H groups in total. The van der Waals surface area contributed by atoms with Crippen LogP contribution in [-0.4, -0.2) is 35.8 Å². The monoisotopic (exact) mass is 297 g/mol. The standard InChI is InChI=1S/C14H19N3O2.ClH/c15-8-9-17(10-11-4-2-1-3-5-11)14(19)12-6-7-13(18)16-12;/h1-5,12H,6-10,15H2,(H,16,18);1H/t12-;/m1./s1. The van der Waals surface area contributed by atoms with E-state index in [0.29, 0.717) is 32.5 Å². The molecular formula is C14H20ClN3O2. The van der Waals surface area contributed by atoms with Gasteiger partial charge in [0.15, 0.2) is 0 Å². The molecule has 1 atom stereocenters. The summed E-state index contributed by atoms with van der Waals surface area (Å²) in [5.41, 5.74) is 6.63. The second kappa shape index (κ2) is 7.87. The molecule has 0 spiro atoms. The minimum absolute atomic E-state index is 0. The number of carbonyl (C=O) groups is 2. The summed E-state index contributed by atoms with van der Waals surface area (Å²) in [5.74, 6) is -0.0917. The van der Waals surface area contributed by atoms with E-state index in [1.807, 2.05) is 30.3 Å². The van der Waals surface area contributed by atoms with Gasteiger partial charge in [0.2, 0.25) is 11.8 Å². The van der Waals surface area contributed by atoms with Crippen molar-refractivity contribution in [2.45, 2.75) is 25.4 Å². The Hall–Kier alpha value is -1.59. The van der Waals surface area contributed by atoms with Crippen LogP contribution >= 0.6 is 12.4 Å². The molecular weight excluding hydrogens is 278 g/mol. The van der Waals surface area contributed by atoms with Crippen molar-refractivity contribution in [3.05, 3.63) is 35.9 Å². The van der Waals surface area contributed by atoms with E-state index in [9.17, 15) is 9.59 Å². The molecule has 2 amide bonds. The third-order valence-electron chi connectivity index (χ3n) is 3.22. The summed E-state index contributed by atoms with van der Waals surface area (Å²) in [6.45, 7) is 1.45. The Kier molecular flexibility index (Phi) is 6.48. The van der Waals surface area contributed by atoms with E-state index < -0.39 is 0 Å². The first kappa shape index (κ1) is 16.5. The molecule has 0 radical (unpaired) electrons. The first-order valence-electron chi connectivity index (χ1n) is 6.53. The smallest absolute Gasteiger partial charge is 0.245 e. The fraction of sp³-hybridized carbons (Fsp3) is 0.429. The molecule has 20 heavy (non-hydrogen) atoms. The lowest BCUT2D eigenvalue weighted by atomic mass is 10.1. The van der Waals surface area contributed by atoms with E-state index in [1.54, 1.807) is 4.90 Å². The highest BCUT2D eigenvalue weighted by Gasteiger charge is 2.30. The molecule has 1 heterocycles. The van der Waals surface area contributed by atoms with E-state index >= 15 is 0 Å². The molecule has 0 aliphatic carbocycles. The molecule has 1 aliphatic rings. The summed E-state index contributed by atoms with van der Waals surface area (Å²) in [6, 6.07) is 9.39. The molecule has 6 heteroatoms. The molecule has 1 aromatic carbocycles. The van der Waals surface area contributed by atoms with Crippen molar-refractivity contribution in [3.63, 3.8) is 0 Å². The van der Waals surface area contributed by atoms with Crippen molar-refractivity contribution in [2.24, 2.45) is 5.73 Å². The van der Waals surface area contributed by atoms with Gasteiger partial charge in [0, 0.05) is 26.1 Å². The van der Waals surface area contributed by atoms with Crippen molar-refractivity contribution in [1.29, 1.82) is 0 Å². The van der Waals surface area contributed by atoms with Gasteiger partial charge in [-0.25, -0.2) is 0 Å². The highest BCUT2D eigenvalue weighted by Crippen LogP contribution is 2.12. The van der Waals surface area contributed by atoms with Crippen LogP contribution in [0.1, 0.15) is 18.4 Å². The summed E-state index contributed by atoms with van der Waals surface area (Å²) in [6.07, 6.45) is 1.01. The summed E-state index contributed by atoms with van der Waals surface area (Å²) in [7, 11) is 0. The topological polar surface area (TPSA) is 75.4 Å². The van der Waals surface area contributed by atoms with Gasteiger partial charge in [0.25, 0.3) is 0 Å². The maximum Gasteiger partial charge on any atom is 0.245 e. The zero-order valence-corrected chi connectivity index (χ0v) is 12.1. The number of nitrogens with two attached hydrogens (primary N) is 1. The number of nitrogens with one attached hydrogen (secondary N) is 1. The third-order valence-corrected chi connectivity index (χ3v) is 3.22. The Labute approximate surface area is 124 Å². The molecule has 0 bridgehead atoms. The van der Waals surface area contributed by atoms with Gasteiger partial charge in [0.05, 0.1) is 0 Å². The predicted molar refractivity (Wildman–Crippen MR) is 79.3 cm³/mol. The van der Waals surface area contributed by atoms with Crippen molar-refractivity contribution in [3.8, 4) is 0 Å². The number of rotatable bonds is 5. The lowest BCUT2D eigenvalue weighted by Crippen LogP contribution is -2.45. The molecule has 1 aliphatic heterocycles. The molecule has 0 unspecified atom stereocenters. The van der Waals surface area contributed by atoms with Gasteiger partial charge >= 0.3 is 0 Å². The number of hydrogen-bond donors (Lipinski definition) is 2. The van der Waals surface area contributed by atoms with Gasteiger partial charge in [-0.1, -0.05) is 30.3 Å². The Morgan fingerprint density at radius 2 is 2.05 bits per heavy atom. The van der Waals surface area contributed by atoms with E-state index in [4.69, 9.17) is 5.73 Å². The molecule has 1 fully saturated rings. The third kappa shape index (κ3) is 4.21. The Morgan fingerprint density at radius 1 is 1.35 bits per heavy atom. The first-order valence-corrected chi connectivity index (χ1v) is 6.53. The van der Waals surface area contributed by atoms with E-state index in [0.717, 1.165) is 5.56 Å². The Balaban J connectivity index is 0.00000200. The summed E-state index contributed by atoms with van der Waals surface area (Å²) in [4.78, 5) is 25.2. The van der Waals surface area contributed by atoms with Gasteiger partial charge < -0.3 is 16.0 Å². The van der Waals surface area contributed by atoms with E-state index in [-0.39, 0.29) is 30.3 Å². The van der Waals surface area contributed by atoms with Gasteiger partial charge in [-0.15, -0.1) is 12.4 Å². The highest BCUT2D eigenvalue weighted by molar-refractivity contribution is 5.90. The summed E-state index contributed by atoms with van der Waals surface area (Å²) in [5, 5.41) is 2.71. The van der Waals surface area contributed by atoms with Gasteiger partial charge in [-0.2, -0.15) is 0 Å². The fourth-order valence-corrected chi connectivity index (χ4v) is 2.25. The second-order valence-corrected chi connectivity index (χ2v) is 4.69. The van der Waals surface area contributed by atoms with Crippen LogP contribution in [0.4, 0.5) is 0 Å². The normalized spacial score (nSPS) is 17.2. The van der Waals surface area contributed by atoms with Gasteiger partial charge in [-0.3, -0.25) is 9.59 Å². The largest absolute Gasteiger partial charge is 0.344 e. The Morgan fingerprint density at radius 3 is 2.60 bits per heavy atom. The quantitative estimate of drug-likeness (QED) is 0.839. The number of halogens is 1. The van der Waals surface area contributed by atoms with Crippen LogP contribution in [0.15, 0.2) is 30.3 Å². The van der Waals surface area contributed by atoms with Gasteiger partial charge in [0.1, 0.15) is 6.04 Å².